The Morgan fingerprint density at radius 3 is 3.05 bits per heavy atom. The van der Waals surface area contributed by atoms with Gasteiger partial charge in [-0.15, -0.1) is 11.3 Å². The van der Waals surface area contributed by atoms with E-state index in [1.165, 1.54) is 33.4 Å². The van der Waals surface area contributed by atoms with Gasteiger partial charge in [-0.1, -0.05) is 18.2 Å². The van der Waals surface area contributed by atoms with Gasteiger partial charge in [-0.3, -0.25) is 0 Å². The van der Waals surface area contributed by atoms with Crippen LogP contribution in [0.15, 0.2) is 29.1 Å². The van der Waals surface area contributed by atoms with E-state index in [2.05, 4.69) is 47.3 Å². The fourth-order valence-corrected chi connectivity index (χ4v) is 3.00. The van der Waals surface area contributed by atoms with Crippen molar-refractivity contribution in [2.45, 2.75) is 20.3 Å². The number of thiazole rings is 1. The number of H-pyrrole nitrogens is 1. The third kappa shape index (κ3) is 2.96. The Bertz CT molecular complexity index is 793. The molecule has 2 aromatic heterocycles. The topological polar surface area (TPSA) is 67.0 Å². The Hall–Kier alpha value is -2.34. The summed E-state index contributed by atoms with van der Waals surface area (Å²) in [6.45, 7) is 4.67. The van der Waals surface area contributed by atoms with Crippen LogP contribution in [-0.4, -0.2) is 22.6 Å². The highest BCUT2D eigenvalue weighted by atomic mass is 32.1. The first-order valence-corrected chi connectivity index (χ1v) is 8.00. The summed E-state index contributed by atoms with van der Waals surface area (Å²) in [5.41, 5.74) is 6.38. The van der Waals surface area contributed by atoms with Gasteiger partial charge in [0.2, 0.25) is 5.88 Å². The highest BCUT2D eigenvalue weighted by Crippen LogP contribution is 2.24. The quantitative estimate of drug-likeness (QED) is 0.773. The molecule has 22 heavy (non-hydrogen) atoms. The van der Waals surface area contributed by atoms with Gasteiger partial charge in [0, 0.05) is 23.1 Å². The molecule has 0 saturated heterocycles. The summed E-state index contributed by atoms with van der Waals surface area (Å²) >= 11 is 1.39. The summed E-state index contributed by atoms with van der Waals surface area (Å²) in [7, 11) is 0. The molecule has 0 atom stereocenters. The number of ether oxygens (including phenoxy) is 1. The zero-order valence-corrected chi connectivity index (χ0v) is 13.3. The van der Waals surface area contributed by atoms with Crippen LogP contribution in [0.5, 0.6) is 5.88 Å². The molecule has 0 aliphatic rings. The van der Waals surface area contributed by atoms with E-state index in [1.54, 1.807) is 10.9 Å². The van der Waals surface area contributed by atoms with Crippen LogP contribution in [0, 0.1) is 13.8 Å². The number of nitrogens with zero attached hydrogens (tertiary/aromatic N) is 1. The number of hydrogen-bond donors (Lipinski definition) is 2. The smallest absolute Gasteiger partial charge is 0.390 e. The van der Waals surface area contributed by atoms with E-state index in [-0.39, 0.29) is 0 Å². The van der Waals surface area contributed by atoms with E-state index in [0.29, 0.717) is 12.4 Å². The minimum absolute atomic E-state index is 0.335. The van der Waals surface area contributed by atoms with Crippen molar-refractivity contribution in [1.29, 1.82) is 0 Å². The van der Waals surface area contributed by atoms with Crippen LogP contribution in [0.25, 0.3) is 10.9 Å². The molecule has 114 valence electrons. The Balaban J connectivity index is 1.63. The zero-order chi connectivity index (χ0) is 15.5. The number of nitrogens with one attached hydrogen (secondary N) is 2. The molecular formula is C16H17N3O2S. The van der Waals surface area contributed by atoms with Gasteiger partial charge in [0.15, 0.2) is 0 Å². The van der Waals surface area contributed by atoms with Crippen molar-refractivity contribution >= 4 is 28.3 Å². The largest absolute Gasteiger partial charge is 0.413 e. The molecule has 0 radical (unpaired) electrons. The minimum atomic E-state index is -0.473. The molecule has 3 aromatic rings. The van der Waals surface area contributed by atoms with E-state index < -0.39 is 6.09 Å². The molecule has 3 rings (SSSR count). The van der Waals surface area contributed by atoms with Gasteiger partial charge in [-0.2, -0.15) is 0 Å². The standard InChI is InChI=1S/C16H17N3O2S/c1-10-4-3-5-13-12(11(2)19-15(10)13)6-7-17-16(20)21-14-8-22-9-18-14/h3-5,8-9,19H,6-7H2,1-2H3,(H,17,20). The van der Waals surface area contributed by atoms with Gasteiger partial charge in [0.1, 0.15) is 0 Å². The second-order valence-electron chi connectivity index (χ2n) is 5.12. The van der Waals surface area contributed by atoms with Gasteiger partial charge in [-0.05, 0) is 31.4 Å². The molecular weight excluding hydrogens is 298 g/mol. The second kappa shape index (κ2) is 6.19. The van der Waals surface area contributed by atoms with E-state index in [9.17, 15) is 4.79 Å². The lowest BCUT2D eigenvalue weighted by molar-refractivity contribution is 0.199. The summed E-state index contributed by atoms with van der Waals surface area (Å²) in [6.07, 6.45) is 0.279. The first-order chi connectivity index (χ1) is 10.6. The first kappa shape index (κ1) is 14.6. The van der Waals surface area contributed by atoms with Crippen molar-refractivity contribution in [3.8, 4) is 5.88 Å². The highest BCUT2D eigenvalue weighted by molar-refractivity contribution is 7.07. The second-order valence-corrected chi connectivity index (χ2v) is 5.84. The minimum Gasteiger partial charge on any atom is -0.390 e. The monoisotopic (exact) mass is 315 g/mol. The lowest BCUT2D eigenvalue weighted by atomic mass is 10.1. The molecule has 0 bridgehead atoms. The number of benzene rings is 1. The van der Waals surface area contributed by atoms with Crippen molar-refractivity contribution in [1.82, 2.24) is 15.3 Å². The average molecular weight is 315 g/mol. The number of aryl methyl sites for hydroxylation is 2. The SMILES string of the molecule is Cc1[nH]c2c(C)cccc2c1CCNC(=O)Oc1cscn1. The van der Waals surface area contributed by atoms with Gasteiger partial charge in [0.05, 0.1) is 10.9 Å². The Morgan fingerprint density at radius 2 is 2.27 bits per heavy atom. The maximum Gasteiger partial charge on any atom is 0.413 e. The number of carbonyl (C=O) groups is 1. The van der Waals surface area contributed by atoms with Crippen LogP contribution in [-0.2, 0) is 6.42 Å². The summed E-state index contributed by atoms with van der Waals surface area (Å²) in [5, 5.41) is 5.66. The van der Waals surface area contributed by atoms with Crippen LogP contribution in [0.2, 0.25) is 0 Å². The number of carbonyl (C=O) groups excluding carboxylic acids is 1. The average Bonchev–Trinajstić information content (AvgIpc) is 3.09. The Labute approximate surface area is 132 Å². The van der Waals surface area contributed by atoms with E-state index >= 15 is 0 Å². The number of rotatable bonds is 4. The number of hydrogen-bond acceptors (Lipinski definition) is 4. The molecule has 5 nitrogen and oxygen atoms in total. The molecule has 2 N–H and O–H groups in total. The van der Waals surface area contributed by atoms with Crippen LogP contribution in [0.1, 0.15) is 16.8 Å². The predicted octanol–water partition coefficient (Wildman–Crippen LogP) is 3.57. The van der Waals surface area contributed by atoms with Crippen molar-refractivity contribution in [2.24, 2.45) is 0 Å². The summed E-state index contributed by atoms with van der Waals surface area (Å²) < 4.78 is 5.05. The van der Waals surface area contributed by atoms with Gasteiger partial charge in [-0.25, -0.2) is 9.78 Å². The molecule has 0 unspecified atom stereocenters. The van der Waals surface area contributed by atoms with Crippen molar-refractivity contribution in [3.05, 3.63) is 45.9 Å². The van der Waals surface area contributed by atoms with E-state index in [1.807, 2.05) is 0 Å². The fraction of sp³-hybridized carbons (Fsp3) is 0.250. The van der Waals surface area contributed by atoms with Crippen LogP contribution in [0.3, 0.4) is 0 Å². The molecule has 0 aliphatic heterocycles. The van der Waals surface area contributed by atoms with Crippen molar-refractivity contribution in [2.75, 3.05) is 6.54 Å². The van der Waals surface area contributed by atoms with Crippen molar-refractivity contribution in [3.63, 3.8) is 0 Å². The van der Waals surface area contributed by atoms with Gasteiger partial charge >= 0.3 is 6.09 Å². The fourth-order valence-electron chi connectivity index (χ4n) is 2.54. The normalized spacial score (nSPS) is 10.8. The summed E-state index contributed by atoms with van der Waals surface area (Å²) in [6, 6.07) is 6.25. The van der Waals surface area contributed by atoms with E-state index in [4.69, 9.17) is 4.74 Å². The third-order valence-corrected chi connectivity index (χ3v) is 4.18. The zero-order valence-electron chi connectivity index (χ0n) is 12.5. The number of fused-ring (bicyclic) bond motifs is 1. The molecule has 0 aliphatic carbocycles. The van der Waals surface area contributed by atoms with Crippen LogP contribution in [0.4, 0.5) is 4.79 Å². The lowest BCUT2D eigenvalue weighted by Gasteiger charge is -2.05. The van der Waals surface area contributed by atoms with Crippen LogP contribution < -0.4 is 10.1 Å². The molecule has 1 aromatic carbocycles. The third-order valence-electron chi connectivity index (χ3n) is 3.61. The molecule has 1 amide bonds. The predicted molar refractivity (Wildman–Crippen MR) is 87.6 cm³/mol. The van der Waals surface area contributed by atoms with Gasteiger partial charge in [0.25, 0.3) is 0 Å². The number of aromatic amines is 1. The molecule has 0 saturated carbocycles. The Morgan fingerprint density at radius 1 is 1.41 bits per heavy atom. The number of para-hydroxylation sites is 1. The summed E-state index contributed by atoms with van der Waals surface area (Å²) in [5.74, 6) is 0.335. The van der Waals surface area contributed by atoms with Crippen LogP contribution >= 0.6 is 11.3 Å². The first-order valence-electron chi connectivity index (χ1n) is 7.06. The van der Waals surface area contributed by atoms with Gasteiger partial charge < -0.3 is 15.0 Å². The molecule has 0 spiro atoms. The number of amides is 1. The lowest BCUT2D eigenvalue weighted by Crippen LogP contribution is -2.28. The maximum atomic E-state index is 11.7. The van der Waals surface area contributed by atoms with E-state index in [0.717, 1.165) is 12.1 Å². The molecule has 0 fully saturated rings. The molecule has 6 heteroatoms. The highest BCUT2D eigenvalue weighted by Gasteiger charge is 2.11. The summed E-state index contributed by atoms with van der Waals surface area (Å²) in [4.78, 5) is 19.0. The van der Waals surface area contributed by atoms with Crippen molar-refractivity contribution < 1.29 is 9.53 Å². The number of aromatic nitrogens is 2. The molecule has 2 heterocycles. The Kier molecular flexibility index (Phi) is 4.11. The maximum absolute atomic E-state index is 11.7.